The molecule has 0 aliphatic heterocycles. The van der Waals surface area contributed by atoms with Gasteiger partial charge in [-0.3, -0.25) is 9.79 Å². The van der Waals surface area contributed by atoms with E-state index in [1.54, 1.807) is 44.4 Å². The molecule has 0 aliphatic rings. The van der Waals surface area contributed by atoms with Crippen LogP contribution in [0.2, 0.25) is 0 Å². The van der Waals surface area contributed by atoms with Gasteiger partial charge in [-0.15, -0.1) is 0 Å². The van der Waals surface area contributed by atoms with Gasteiger partial charge in [-0.25, -0.2) is 9.35 Å². The summed E-state index contributed by atoms with van der Waals surface area (Å²) < 4.78 is 55.4. The number of nitrogens with one attached hydrogen (secondary N) is 1. The van der Waals surface area contributed by atoms with Crippen LogP contribution in [0.5, 0.6) is 0 Å². The maximum Gasteiger partial charge on any atom is 0.430 e. The fraction of sp³-hybridized carbons (Fsp3) is 0.300. The Kier molecular flexibility index (Phi) is 8.75. The predicted molar refractivity (Wildman–Crippen MR) is 116 cm³/mol. The van der Waals surface area contributed by atoms with E-state index in [0.29, 0.717) is 28.8 Å². The fourth-order valence-electron chi connectivity index (χ4n) is 2.48. The topological polar surface area (TPSA) is 127 Å². The summed E-state index contributed by atoms with van der Waals surface area (Å²) in [5, 5.41) is 5.40. The molecule has 0 saturated heterocycles. The smallest absolute Gasteiger partial charge is 0.430 e. The first-order valence-corrected chi connectivity index (χ1v) is 10.5. The van der Waals surface area contributed by atoms with Crippen LogP contribution in [0.25, 0.3) is 11.3 Å². The number of aromatic nitrogens is 1. The maximum atomic E-state index is 13.0. The third kappa shape index (κ3) is 7.62. The quantitative estimate of drug-likeness (QED) is 0.381. The largest absolute Gasteiger partial charge is 0.463 e. The summed E-state index contributed by atoms with van der Waals surface area (Å²) in [5.74, 6) is -0.687. The van der Waals surface area contributed by atoms with Crippen molar-refractivity contribution < 1.29 is 26.9 Å². The number of likely N-dealkylation sites (N-methyl/N-ethyl adjacent to an activating group) is 1. The SMILES string of the molecule is CN(C)CCOC(=O)CN=C(/C=C(\N)C(F)(F)F)c1ccc(-c2cccc(S(N)=O)c2)[nH]1. The molecule has 2 rings (SSSR count). The summed E-state index contributed by atoms with van der Waals surface area (Å²) in [6, 6.07) is 9.64. The number of carbonyl (C=O) groups is 1. The number of aliphatic imine (C=N–C) groups is 1. The highest BCUT2D eigenvalue weighted by Gasteiger charge is 2.32. The minimum atomic E-state index is -4.76. The van der Waals surface area contributed by atoms with Gasteiger partial charge >= 0.3 is 12.1 Å². The molecule has 174 valence electrons. The van der Waals surface area contributed by atoms with Crippen molar-refractivity contribution in [2.45, 2.75) is 11.1 Å². The van der Waals surface area contributed by atoms with Crippen molar-refractivity contribution in [3.05, 3.63) is 53.9 Å². The normalized spacial score (nSPS) is 14.0. The number of hydrogen-bond acceptors (Lipinski definition) is 6. The molecule has 1 heterocycles. The molecule has 2 aromatic rings. The van der Waals surface area contributed by atoms with Crippen molar-refractivity contribution in [3.63, 3.8) is 0 Å². The van der Waals surface area contributed by atoms with Crippen molar-refractivity contribution in [2.75, 3.05) is 33.8 Å². The molecule has 5 N–H and O–H groups in total. The Hall–Kier alpha value is -2.96. The second-order valence-electron chi connectivity index (χ2n) is 6.93. The van der Waals surface area contributed by atoms with Crippen LogP contribution in [-0.2, 0) is 20.5 Å². The van der Waals surface area contributed by atoms with Crippen molar-refractivity contribution in [3.8, 4) is 11.3 Å². The van der Waals surface area contributed by atoms with Gasteiger partial charge in [0.1, 0.15) is 29.8 Å². The zero-order valence-corrected chi connectivity index (χ0v) is 18.3. The summed E-state index contributed by atoms with van der Waals surface area (Å²) >= 11 is 0. The monoisotopic (exact) mass is 471 g/mol. The van der Waals surface area contributed by atoms with Crippen molar-refractivity contribution in [1.29, 1.82) is 0 Å². The Balaban J connectivity index is 2.31. The second kappa shape index (κ2) is 11.1. The number of esters is 1. The molecular weight excluding hydrogens is 447 g/mol. The van der Waals surface area contributed by atoms with E-state index in [4.69, 9.17) is 15.6 Å². The molecule has 8 nitrogen and oxygen atoms in total. The zero-order valence-electron chi connectivity index (χ0n) is 17.5. The first-order valence-electron chi connectivity index (χ1n) is 9.32. The van der Waals surface area contributed by atoms with Crippen LogP contribution >= 0.6 is 0 Å². The lowest BCUT2D eigenvalue weighted by Crippen LogP contribution is -2.22. The molecule has 0 saturated carbocycles. The van der Waals surface area contributed by atoms with Gasteiger partial charge in [-0.2, -0.15) is 13.2 Å². The maximum absolute atomic E-state index is 13.0. The number of nitrogens with zero attached hydrogens (tertiary/aromatic N) is 2. The Morgan fingerprint density at radius 3 is 2.62 bits per heavy atom. The van der Waals surface area contributed by atoms with Gasteiger partial charge in [-0.05, 0) is 50.0 Å². The van der Waals surface area contributed by atoms with Crippen LogP contribution in [0, 0.1) is 0 Å². The van der Waals surface area contributed by atoms with Crippen molar-refractivity contribution >= 4 is 22.7 Å². The van der Waals surface area contributed by atoms with Gasteiger partial charge in [0, 0.05) is 12.2 Å². The lowest BCUT2D eigenvalue weighted by Gasteiger charge is -2.10. The van der Waals surface area contributed by atoms with Gasteiger partial charge in [-0.1, -0.05) is 12.1 Å². The highest BCUT2D eigenvalue weighted by atomic mass is 32.2. The molecule has 0 radical (unpaired) electrons. The number of H-pyrrole nitrogens is 1. The van der Waals surface area contributed by atoms with E-state index in [-0.39, 0.29) is 18.0 Å². The van der Waals surface area contributed by atoms with E-state index in [1.165, 1.54) is 6.07 Å². The molecule has 0 bridgehead atoms. The van der Waals surface area contributed by atoms with Crippen LogP contribution in [0.3, 0.4) is 0 Å². The number of carbonyl (C=O) groups excluding carboxylic acids is 1. The lowest BCUT2D eigenvalue weighted by molar-refractivity contribution is -0.142. The van der Waals surface area contributed by atoms with Crippen LogP contribution in [0.4, 0.5) is 13.2 Å². The average molecular weight is 472 g/mol. The predicted octanol–water partition coefficient (Wildman–Crippen LogP) is 1.96. The van der Waals surface area contributed by atoms with Crippen LogP contribution in [0.1, 0.15) is 5.69 Å². The van der Waals surface area contributed by atoms with Gasteiger partial charge < -0.3 is 20.4 Å². The first-order chi connectivity index (χ1) is 15.0. The van der Waals surface area contributed by atoms with Crippen LogP contribution in [-0.4, -0.2) is 65.7 Å². The number of benzene rings is 1. The fourth-order valence-corrected chi connectivity index (χ4v) is 2.93. The lowest BCUT2D eigenvalue weighted by atomic mass is 10.2. The molecule has 0 fully saturated rings. The highest BCUT2D eigenvalue weighted by molar-refractivity contribution is 7.82. The molecule has 12 heteroatoms. The number of nitrogens with two attached hydrogens (primary N) is 2. The van der Waals surface area contributed by atoms with Crippen LogP contribution < -0.4 is 10.9 Å². The number of halogens is 3. The first kappa shape index (κ1) is 25.3. The zero-order chi connectivity index (χ0) is 23.9. The summed E-state index contributed by atoms with van der Waals surface area (Å²) in [6.45, 7) is 0.138. The molecule has 0 aliphatic carbocycles. The minimum Gasteiger partial charge on any atom is -0.463 e. The molecule has 1 aromatic carbocycles. The Bertz CT molecular complexity index is 1030. The Labute approximate surface area is 185 Å². The number of alkyl halides is 3. The number of rotatable bonds is 9. The van der Waals surface area contributed by atoms with Gasteiger partial charge in [0.25, 0.3) is 0 Å². The standard InChI is InChI=1S/C20H24F3N5O3S/c1-28(2)8-9-31-19(29)12-26-17(11-18(24)20(21,22)23)16-7-6-15(27-16)13-4-3-5-14(10-13)32(25)30/h3-7,10-11,27H,8-9,12,24-25H2,1-2H3/b18-11-,26-17?. The van der Waals surface area contributed by atoms with Gasteiger partial charge in [0.2, 0.25) is 0 Å². The van der Waals surface area contributed by atoms with E-state index in [0.717, 1.165) is 0 Å². The molecule has 1 unspecified atom stereocenters. The van der Waals surface area contributed by atoms with Crippen molar-refractivity contribution in [1.82, 2.24) is 9.88 Å². The molecule has 1 atom stereocenters. The summed E-state index contributed by atoms with van der Waals surface area (Å²) in [4.78, 5) is 21.0. The molecule has 0 spiro atoms. The summed E-state index contributed by atoms with van der Waals surface area (Å²) in [5.41, 5.74) is 4.95. The summed E-state index contributed by atoms with van der Waals surface area (Å²) in [6.07, 6.45) is -4.12. The number of allylic oxidation sites excluding steroid dienone is 2. The van der Waals surface area contributed by atoms with Crippen LogP contribution in [0.15, 0.2) is 58.1 Å². The van der Waals surface area contributed by atoms with E-state index in [2.05, 4.69) is 9.98 Å². The van der Waals surface area contributed by atoms with Gasteiger partial charge in [0.05, 0.1) is 16.3 Å². The molecule has 1 aromatic heterocycles. The Morgan fingerprint density at radius 1 is 1.28 bits per heavy atom. The third-order valence-electron chi connectivity index (χ3n) is 4.14. The van der Waals surface area contributed by atoms with E-state index >= 15 is 0 Å². The Morgan fingerprint density at radius 2 is 2.00 bits per heavy atom. The van der Waals surface area contributed by atoms with E-state index < -0.39 is 35.4 Å². The average Bonchev–Trinajstić information content (AvgIpc) is 3.20. The van der Waals surface area contributed by atoms with E-state index in [1.807, 2.05) is 4.90 Å². The second-order valence-corrected chi connectivity index (χ2v) is 8.00. The van der Waals surface area contributed by atoms with Gasteiger partial charge in [0.15, 0.2) is 0 Å². The molecular formula is C20H24F3N5O3S. The highest BCUT2D eigenvalue weighted by Crippen LogP contribution is 2.24. The number of ether oxygens (including phenoxy) is 1. The summed E-state index contributed by atoms with van der Waals surface area (Å²) in [7, 11) is 1.92. The molecule has 0 amide bonds. The third-order valence-corrected chi connectivity index (χ3v) is 4.86. The minimum absolute atomic E-state index is 0.128. The van der Waals surface area contributed by atoms with Crippen molar-refractivity contribution in [2.24, 2.45) is 15.9 Å². The number of aromatic amines is 1. The number of hydrogen-bond donors (Lipinski definition) is 3. The molecule has 32 heavy (non-hydrogen) atoms. The van der Waals surface area contributed by atoms with E-state index in [9.17, 15) is 22.2 Å².